The molecule has 1 aromatic heterocycles. The average molecular weight is 316 g/mol. The van der Waals surface area contributed by atoms with Crippen LogP contribution in [0.2, 0.25) is 0 Å². The first kappa shape index (κ1) is 15.1. The first-order valence-electron chi connectivity index (χ1n) is 8.26. The van der Waals surface area contributed by atoms with E-state index in [0.29, 0.717) is 26.2 Å². The van der Waals surface area contributed by atoms with Crippen molar-refractivity contribution in [2.24, 2.45) is 0 Å². The van der Waals surface area contributed by atoms with E-state index in [9.17, 15) is 5.11 Å². The third-order valence-corrected chi connectivity index (χ3v) is 5.41. The summed E-state index contributed by atoms with van der Waals surface area (Å²) in [5, 5.41) is 11.7. The Morgan fingerprint density at radius 2 is 2.26 bits per heavy atom. The van der Waals surface area contributed by atoms with Crippen LogP contribution in [0.25, 0.3) is 10.9 Å². The maximum Gasteiger partial charge on any atom is 0.112 e. The van der Waals surface area contributed by atoms with Gasteiger partial charge < -0.3 is 19.6 Å². The second-order valence-electron chi connectivity index (χ2n) is 6.79. The number of nitrogens with one attached hydrogen (secondary N) is 1. The summed E-state index contributed by atoms with van der Waals surface area (Å²) < 4.78 is 11.6. The molecule has 5 nitrogen and oxygen atoms in total. The highest BCUT2D eigenvalue weighted by atomic mass is 16.5. The van der Waals surface area contributed by atoms with Crippen LogP contribution in [0.3, 0.4) is 0 Å². The van der Waals surface area contributed by atoms with Gasteiger partial charge in [0, 0.05) is 43.2 Å². The van der Waals surface area contributed by atoms with E-state index in [1.165, 1.54) is 16.5 Å². The maximum absolute atomic E-state index is 10.4. The second kappa shape index (κ2) is 5.60. The number of hydrogen-bond acceptors (Lipinski definition) is 4. The molecule has 1 aromatic carbocycles. The van der Waals surface area contributed by atoms with Gasteiger partial charge in [0.25, 0.3) is 0 Å². The minimum atomic E-state index is -0.473. The van der Waals surface area contributed by atoms with E-state index in [1.54, 1.807) is 7.11 Å². The molecule has 0 radical (unpaired) electrons. The zero-order valence-corrected chi connectivity index (χ0v) is 13.7. The number of aromatic nitrogens is 1. The van der Waals surface area contributed by atoms with Gasteiger partial charge in [-0.2, -0.15) is 0 Å². The smallest absolute Gasteiger partial charge is 0.112 e. The Kier molecular flexibility index (Phi) is 3.69. The number of rotatable bonds is 4. The summed E-state index contributed by atoms with van der Waals surface area (Å²) in [4.78, 5) is 5.62. The molecule has 1 aliphatic carbocycles. The Hall–Kier alpha value is -1.40. The number of aliphatic hydroxyl groups excluding tert-OH is 1. The van der Waals surface area contributed by atoms with Crippen LogP contribution in [-0.4, -0.2) is 61.1 Å². The normalized spacial score (nSPS) is 30.6. The van der Waals surface area contributed by atoms with Gasteiger partial charge in [0.15, 0.2) is 0 Å². The Balaban J connectivity index is 1.87. The highest BCUT2D eigenvalue weighted by molar-refractivity contribution is 5.88. The first-order chi connectivity index (χ1) is 11.2. The number of nitrogens with zero attached hydrogens (tertiary/aromatic N) is 1. The molecule has 0 bridgehead atoms. The van der Waals surface area contributed by atoms with Gasteiger partial charge in [-0.15, -0.1) is 0 Å². The number of fused-ring (bicyclic) bond motifs is 2. The Morgan fingerprint density at radius 3 is 3.09 bits per heavy atom. The molecule has 4 rings (SSSR count). The van der Waals surface area contributed by atoms with Crippen molar-refractivity contribution in [3.8, 4) is 0 Å². The van der Waals surface area contributed by atoms with Crippen LogP contribution in [-0.2, 0) is 21.5 Å². The van der Waals surface area contributed by atoms with Crippen LogP contribution in [0.4, 0.5) is 0 Å². The van der Waals surface area contributed by atoms with Gasteiger partial charge in [-0.05, 0) is 30.7 Å². The third kappa shape index (κ3) is 2.22. The molecule has 0 unspecified atom stereocenters. The van der Waals surface area contributed by atoms with Crippen LogP contribution < -0.4 is 0 Å². The molecule has 3 atom stereocenters. The van der Waals surface area contributed by atoms with E-state index in [2.05, 4.69) is 41.3 Å². The van der Waals surface area contributed by atoms with Crippen molar-refractivity contribution >= 4 is 10.9 Å². The van der Waals surface area contributed by atoms with Gasteiger partial charge in [0.05, 0.1) is 19.3 Å². The van der Waals surface area contributed by atoms with Crippen molar-refractivity contribution in [2.75, 3.05) is 33.9 Å². The topological polar surface area (TPSA) is 57.7 Å². The minimum absolute atomic E-state index is 0.233. The Morgan fingerprint density at radius 1 is 1.39 bits per heavy atom. The molecule has 1 saturated heterocycles. The number of likely N-dealkylation sites (N-methyl/N-ethyl adjacent to an activating group) is 1. The number of piperidine rings is 1. The molecule has 2 heterocycles. The third-order valence-electron chi connectivity index (χ3n) is 5.41. The second-order valence-corrected chi connectivity index (χ2v) is 6.79. The fraction of sp³-hybridized carbons (Fsp3) is 0.556. The molecule has 0 spiro atoms. The van der Waals surface area contributed by atoms with Crippen molar-refractivity contribution in [3.05, 3.63) is 35.5 Å². The van der Waals surface area contributed by atoms with Crippen LogP contribution in [0, 0.1) is 0 Å². The van der Waals surface area contributed by atoms with Crippen molar-refractivity contribution in [1.82, 2.24) is 9.88 Å². The Labute approximate surface area is 136 Å². The number of β-amino-alcohol motifs (C(OH)–C–C–N with tert-alkyl or cyclic N) is 1. The quantitative estimate of drug-likeness (QED) is 0.842. The van der Waals surface area contributed by atoms with Gasteiger partial charge >= 0.3 is 0 Å². The number of H-pyrrole nitrogens is 1. The van der Waals surface area contributed by atoms with Gasteiger partial charge in [-0.1, -0.05) is 12.1 Å². The maximum atomic E-state index is 10.4. The predicted molar refractivity (Wildman–Crippen MR) is 88.6 cm³/mol. The largest absolute Gasteiger partial charge is 0.392 e. The molecule has 0 amide bonds. The lowest BCUT2D eigenvalue weighted by Gasteiger charge is -2.52. The molecular weight excluding hydrogens is 292 g/mol. The molecule has 2 aromatic rings. The number of benzene rings is 1. The number of aromatic amines is 1. The average Bonchev–Trinajstić information content (AvgIpc) is 2.94. The van der Waals surface area contributed by atoms with E-state index in [1.807, 2.05) is 0 Å². The molecule has 2 N–H and O–H groups in total. The zero-order valence-electron chi connectivity index (χ0n) is 13.7. The van der Waals surface area contributed by atoms with Crippen molar-refractivity contribution in [3.63, 3.8) is 0 Å². The number of hydrogen-bond donors (Lipinski definition) is 2. The van der Waals surface area contributed by atoms with Gasteiger partial charge in [-0.25, -0.2) is 0 Å². The van der Waals surface area contributed by atoms with Crippen LogP contribution in [0.5, 0.6) is 0 Å². The molecule has 1 aliphatic heterocycles. The fourth-order valence-electron chi connectivity index (χ4n) is 4.49. The van der Waals surface area contributed by atoms with E-state index >= 15 is 0 Å². The standard InChI is InChI=1S/C18H24N2O3/c1-20-11-13(21)9-18(23-7-6-22-2)14-4-3-5-15-17(14)12(10-19-15)8-16(18)20/h3-5,10,13,16,19,21H,6-9,11H2,1-2H3/t13-,16-,18+/m1/s1. The van der Waals surface area contributed by atoms with Crippen molar-refractivity contribution < 1.29 is 14.6 Å². The summed E-state index contributed by atoms with van der Waals surface area (Å²) in [5.41, 5.74) is 3.21. The van der Waals surface area contributed by atoms with Crippen molar-refractivity contribution in [2.45, 2.75) is 30.6 Å². The van der Waals surface area contributed by atoms with Crippen molar-refractivity contribution in [1.29, 1.82) is 0 Å². The monoisotopic (exact) mass is 316 g/mol. The van der Waals surface area contributed by atoms with E-state index < -0.39 is 5.60 Å². The minimum Gasteiger partial charge on any atom is -0.392 e. The van der Waals surface area contributed by atoms with Crippen LogP contribution in [0.1, 0.15) is 17.5 Å². The lowest BCUT2D eigenvalue weighted by atomic mass is 9.70. The number of likely N-dealkylation sites (tertiary alicyclic amines) is 1. The zero-order chi connectivity index (χ0) is 16.0. The summed E-state index contributed by atoms with van der Waals surface area (Å²) >= 11 is 0. The Bertz CT molecular complexity index is 713. The molecule has 2 aliphatic rings. The predicted octanol–water partition coefficient (Wildman–Crippen LogP) is 1.65. The first-order valence-corrected chi connectivity index (χ1v) is 8.26. The summed E-state index contributed by atoms with van der Waals surface area (Å²) in [6, 6.07) is 6.57. The molecule has 5 heteroatoms. The van der Waals surface area contributed by atoms with E-state index in [0.717, 1.165) is 11.9 Å². The van der Waals surface area contributed by atoms with Gasteiger partial charge in [0.1, 0.15) is 5.60 Å². The van der Waals surface area contributed by atoms with Crippen LogP contribution in [0.15, 0.2) is 24.4 Å². The number of aliphatic hydroxyl groups is 1. The number of ether oxygens (including phenoxy) is 2. The molecule has 124 valence electrons. The lowest BCUT2D eigenvalue weighted by Crippen LogP contribution is -2.61. The lowest BCUT2D eigenvalue weighted by molar-refractivity contribution is -0.164. The van der Waals surface area contributed by atoms with E-state index in [-0.39, 0.29) is 12.1 Å². The fourth-order valence-corrected chi connectivity index (χ4v) is 4.49. The SMILES string of the molecule is COCCO[C@]12C[C@@H](O)CN(C)[C@@H]1Cc1c[nH]c3cccc2c13. The van der Waals surface area contributed by atoms with E-state index in [4.69, 9.17) is 9.47 Å². The molecular formula is C18H24N2O3. The molecule has 23 heavy (non-hydrogen) atoms. The van der Waals surface area contributed by atoms with Gasteiger partial charge in [-0.3, -0.25) is 4.90 Å². The molecule has 1 fully saturated rings. The van der Waals surface area contributed by atoms with Gasteiger partial charge in [0.2, 0.25) is 0 Å². The summed E-state index contributed by atoms with van der Waals surface area (Å²) in [5.74, 6) is 0. The number of methoxy groups -OCH3 is 1. The summed E-state index contributed by atoms with van der Waals surface area (Å²) in [7, 11) is 3.77. The highest BCUT2D eigenvalue weighted by Crippen LogP contribution is 2.48. The van der Waals surface area contributed by atoms with Crippen LogP contribution >= 0.6 is 0 Å². The highest BCUT2D eigenvalue weighted by Gasteiger charge is 2.51. The molecule has 0 saturated carbocycles. The summed E-state index contributed by atoms with van der Waals surface area (Å²) in [6.07, 6.45) is 3.31. The summed E-state index contributed by atoms with van der Waals surface area (Å²) in [6.45, 7) is 1.78.